The standard InChI is InChI=1S/C34H42N4O5/c1-5-23(6-2)36-34(40)37-25-14-19-30(32(20-25)41-4)42-28-17-12-24(13-18-28)35-33(39)22-10-15-27(16-11-22)43-31-21-26-8-7-9-29(31)38(26)3/h10-20,23,26,29,31H,5-9,21H2,1-4H3,(H,35,39)(H2,36,37,40). The number of piperidine rings is 1. The first-order chi connectivity index (χ1) is 20.9. The maximum atomic E-state index is 12.9. The fourth-order valence-corrected chi connectivity index (χ4v) is 6.00. The molecule has 0 aliphatic carbocycles. The molecule has 0 saturated carbocycles. The van der Waals surface area contributed by atoms with Crippen LogP contribution in [0.5, 0.6) is 23.0 Å². The molecule has 3 aromatic rings. The van der Waals surface area contributed by atoms with Crippen LogP contribution in [0.2, 0.25) is 0 Å². The molecule has 3 N–H and O–H groups in total. The van der Waals surface area contributed by atoms with Crippen molar-refractivity contribution in [3.8, 4) is 23.0 Å². The Morgan fingerprint density at radius 1 is 0.884 bits per heavy atom. The van der Waals surface area contributed by atoms with E-state index in [1.165, 1.54) is 19.3 Å². The van der Waals surface area contributed by atoms with Crippen molar-refractivity contribution >= 4 is 23.3 Å². The van der Waals surface area contributed by atoms with Crippen molar-refractivity contribution in [1.82, 2.24) is 10.2 Å². The summed E-state index contributed by atoms with van der Waals surface area (Å²) in [6.45, 7) is 4.08. The number of urea groups is 1. The van der Waals surface area contributed by atoms with Gasteiger partial charge < -0.3 is 30.2 Å². The molecule has 0 spiro atoms. The molecule has 3 amide bonds. The Kier molecular flexibility index (Phi) is 9.72. The highest BCUT2D eigenvalue weighted by atomic mass is 16.5. The van der Waals surface area contributed by atoms with E-state index in [4.69, 9.17) is 14.2 Å². The lowest BCUT2D eigenvalue weighted by Crippen LogP contribution is -2.40. The average Bonchev–Trinajstić information content (AvgIpc) is 3.16. The van der Waals surface area contributed by atoms with Gasteiger partial charge in [0, 0.05) is 47.6 Å². The van der Waals surface area contributed by atoms with E-state index < -0.39 is 0 Å². The largest absolute Gasteiger partial charge is 0.493 e. The topological polar surface area (TPSA) is 101 Å². The number of ether oxygens (including phenoxy) is 3. The summed E-state index contributed by atoms with van der Waals surface area (Å²) < 4.78 is 17.8. The van der Waals surface area contributed by atoms with Gasteiger partial charge in [0.1, 0.15) is 17.6 Å². The number of nitrogens with zero attached hydrogens (tertiary/aromatic N) is 1. The molecule has 2 aliphatic rings. The number of fused-ring (bicyclic) bond motifs is 2. The van der Waals surface area contributed by atoms with E-state index in [-0.39, 0.29) is 24.1 Å². The zero-order valence-corrected chi connectivity index (χ0v) is 25.4. The first-order valence-electron chi connectivity index (χ1n) is 15.2. The minimum Gasteiger partial charge on any atom is -0.493 e. The lowest BCUT2D eigenvalue weighted by atomic mass is 10.0. The maximum Gasteiger partial charge on any atom is 0.319 e. The number of carbonyl (C=O) groups is 2. The number of likely N-dealkylation sites (N-methyl/N-ethyl adjacent to an activating group) is 1. The van der Waals surface area contributed by atoms with Crippen LogP contribution in [0.15, 0.2) is 66.7 Å². The van der Waals surface area contributed by atoms with Crippen LogP contribution in [0.4, 0.5) is 16.2 Å². The molecule has 0 aromatic heterocycles. The number of hydrogen-bond donors (Lipinski definition) is 3. The minimum atomic E-state index is -0.259. The van der Waals surface area contributed by atoms with E-state index in [9.17, 15) is 9.59 Å². The number of benzene rings is 3. The van der Waals surface area contributed by atoms with Crippen LogP contribution in [0.3, 0.4) is 0 Å². The molecule has 43 heavy (non-hydrogen) atoms. The summed E-state index contributed by atoms with van der Waals surface area (Å²) in [5.41, 5.74) is 1.80. The van der Waals surface area contributed by atoms with Gasteiger partial charge in [-0.15, -0.1) is 0 Å². The molecule has 2 bridgehead atoms. The van der Waals surface area contributed by atoms with Gasteiger partial charge in [-0.3, -0.25) is 9.69 Å². The number of amides is 3. The molecule has 228 valence electrons. The van der Waals surface area contributed by atoms with Gasteiger partial charge in [-0.2, -0.15) is 0 Å². The summed E-state index contributed by atoms with van der Waals surface area (Å²) in [5.74, 6) is 2.16. The predicted molar refractivity (Wildman–Crippen MR) is 169 cm³/mol. The van der Waals surface area contributed by atoms with E-state index in [1.807, 2.05) is 26.0 Å². The Morgan fingerprint density at radius 3 is 2.26 bits per heavy atom. The quantitative estimate of drug-likeness (QED) is 0.223. The normalized spacial score (nSPS) is 19.5. The summed E-state index contributed by atoms with van der Waals surface area (Å²) in [7, 11) is 3.75. The Labute approximate surface area is 253 Å². The van der Waals surface area contributed by atoms with Crippen molar-refractivity contribution < 1.29 is 23.8 Å². The second kappa shape index (κ2) is 13.8. The first kappa shape index (κ1) is 30.2. The van der Waals surface area contributed by atoms with Crippen LogP contribution < -0.4 is 30.2 Å². The maximum absolute atomic E-state index is 12.9. The molecule has 3 aromatic carbocycles. The van der Waals surface area contributed by atoms with Crippen molar-refractivity contribution in [2.24, 2.45) is 0 Å². The number of nitrogens with one attached hydrogen (secondary N) is 3. The van der Waals surface area contributed by atoms with Crippen LogP contribution in [-0.2, 0) is 0 Å². The molecule has 9 nitrogen and oxygen atoms in total. The molecule has 2 aliphatic heterocycles. The highest BCUT2D eigenvalue weighted by Crippen LogP contribution is 2.37. The van der Waals surface area contributed by atoms with Gasteiger partial charge >= 0.3 is 6.03 Å². The zero-order valence-electron chi connectivity index (χ0n) is 25.4. The lowest BCUT2D eigenvalue weighted by Gasteiger charge is -2.31. The van der Waals surface area contributed by atoms with Crippen LogP contribution in [0.25, 0.3) is 0 Å². The van der Waals surface area contributed by atoms with Gasteiger partial charge in [0.2, 0.25) is 0 Å². The number of carbonyl (C=O) groups excluding carboxylic acids is 2. The smallest absolute Gasteiger partial charge is 0.319 e. The number of hydrogen-bond acceptors (Lipinski definition) is 6. The molecule has 2 heterocycles. The third-order valence-electron chi connectivity index (χ3n) is 8.56. The van der Waals surface area contributed by atoms with Crippen molar-refractivity contribution in [1.29, 1.82) is 0 Å². The number of methoxy groups -OCH3 is 1. The third kappa shape index (κ3) is 7.40. The van der Waals surface area contributed by atoms with Gasteiger partial charge in [0.05, 0.1) is 7.11 Å². The molecule has 5 rings (SSSR count). The van der Waals surface area contributed by atoms with E-state index in [0.29, 0.717) is 46.3 Å². The Bertz CT molecular complexity index is 1390. The van der Waals surface area contributed by atoms with E-state index >= 15 is 0 Å². The van der Waals surface area contributed by atoms with E-state index in [0.717, 1.165) is 25.0 Å². The molecule has 2 saturated heterocycles. The van der Waals surface area contributed by atoms with Crippen molar-refractivity contribution in [3.63, 3.8) is 0 Å². The number of anilines is 2. The van der Waals surface area contributed by atoms with Gasteiger partial charge in [-0.05, 0) is 93.4 Å². The Morgan fingerprint density at radius 2 is 1.58 bits per heavy atom. The molecule has 0 radical (unpaired) electrons. The van der Waals surface area contributed by atoms with Gasteiger partial charge in [0.25, 0.3) is 5.91 Å². The van der Waals surface area contributed by atoms with Crippen LogP contribution >= 0.6 is 0 Å². The summed E-state index contributed by atoms with van der Waals surface area (Å²) >= 11 is 0. The molecule has 2 fully saturated rings. The predicted octanol–water partition coefficient (Wildman–Crippen LogP) is 7.05. The molecule has 9 heteroatoms. The van der Waals surface area contributed by atoms with E-state index in [2.05, 4.69) is 27.9 Å². The van der Waals surface area contributed by atoms with Gasteiger partial charge in [0.15, 0.2) is 11.5 Å². The minimum absolute atomic E-state index is 0.126. The van der Waals surface area contributed by atoms with Crippen LogP contribution in [-0.4, -0.2) is 55.2 Å². The van der Waals surface area contributed by atoms with Crippen molar-refractivity contribution in [2.45, 2.75) is 76.6 Å². The van der Waals surface area contributed by atoms with Crippen LogP contribution in [0.1, 0.15) is 62.7 Å². The van der Waals surface area contributed by atoms with Crippen molar-refractivity contribution in [3.05, 3.63) is 72.3 Å². The van der Waals surface area contributed by atoms with Crippen molar-refractivity contribution in [2.75, 3.05) is 24.8 Å². The highest BCUT2D eigenvalue weighted by Gasteiger charge is 2.42. The average molecular weight is 587 g/mol. The van der Waals surface area contributed by atoms with Gasteiger partial charge in [-0.25, -0.2) is 4.79 Å². The molecule has 3 atom stereocenters. The second-order valence-electron chi connectivity index (χ2n) is 11.3. The first-order valence-corrected chi connectivity index (χ1v) is 15.2. The SMILES string of the molecule is CCC(CC)NC(=O)Nc1ccc(Oc2ccc(NC(=O)c3ccc(OC4CC5CCCC4N5C)cc3)cc2)c(OC)c1. The highest BCUT2D eigenvalue weighted by molar-refractivity contribution is 6.04. The summed E-state index contributed by atoms with van der Waals surface area (Å²) in [5, 5.41) is 8.73. The summed E-state index contributed by atoms with van der Waals surface area (Å²) in [6.07, 6.45) is 6.70. The number of rotatable bonds is 11. The second-order valence-corrected chi connectivity index (χ2v) is 11.3. The zero-order chi connectivity index (χ0) is 30.3. The molecular formula is C34H42N4O5. The Hall–Kier alpha value is -4.24. The van der Waals surface area contributed by atoms with Gasteiger partial charge in [-0.1, -0.05) is 20.3 Å². The molecule has 3 unspecified atom stereocenters. The monoisotopic (exact) mass is 586 g/mol. The third-order valence-corrected chi connectivity index (χ3v) is 8.56. The fourth-order valence-electron chi connectivity index (χ4n) is 6.00. The molecular weight excluding hydrogens is 544 g/mol. The summed E-state index contributed by atoms with van der Waals surface area (Å²) in [4.78, 5) is 27.7. The Balaban J connectivity index is 1.14. The van der Waals surface area contributed by atoms with Crippen LogP contribution in [0, 0.1) is 0 Å². The fraction of sp³-hybridized carbons (Fsp3) is 0.412. The van der Waals surface area contributed by atoms with E-state index in [1.54, 1.807) is 61.7 Å². The summed E-state index contributed by atoms with van der Waals surface area (Å²) in [6, 6.07) is 20.6. The lowest BCUT2D eigenvalue weighted by molar-refractivity contribution is 0.102.